The number of hydrogen-bond acceptors (Lipinski definition) is 2. The molecule has 0 heterocycles. The second kappa shape index (κ2) is 8.97. The van der Waals surface area contributed by atoms with Gasteiger partial charge in [0.15, 0.2) is 0 Å². The van der Waals surface area contributed by atoms with Crippen LogP contribution in [0, 0.1) is 0 Å². The molecule has 0 amide bonds. The molecule has 4 rings (SSSR count). The van der Waals surface area contributed by atoms with Crippen LogP contribution < -0.4 is 0 Å². The van der Waals surface area contributed by atoms with Crippen molar-refractivity contribution in [1.29, 1.82) is 0 Å². The second-order valence-electron chi connectivity index (χ2n) is 7.06. The third kappa shape index (κ3) is 4.50. The molecule has 0 aliphatic heterocycles. The Kier molecular flexibility index (Phi) is 5.77. The molecule has 0 saturated heterocycles. The Morgan fingerprint density at radius 3 is 1.17 bits per heavy atom. The molecule has 0 aliphatic rings. The van der Waals surface area contributed by atoms with E-state index in [1.54, 1.807) is 0 Å². The largest absolute Gasteiger partial charge is 0.298 e. The monoisotopic (exact) mass is 388 g/mol. The Labute approximate surface area is 175 Å². The molecule has 0 fully saturated rings. The third-order valence-corrected chi connectivity index (χ3v) is 5.01. The SMILES string of the molecule is O=Cc1ccc(C=Cc2cc3ccccc3cc2C=Cc2ccc(C=O)cc2)cc1. The number of aldehydes is 2. The molecule has 0 spiro atoms. The topological polar surface area (TPSA) is 34.1 Å². The van der Waals surface area contributed by atoms with Crippen LogP contribution in [0.4, 0.5) is 0 Å². The fraction of sp³-hybridized carbons (Fsp3) is 0. The lowest BCUT2D eigenvalue weighted by Crippen LogP contribution is -1.84. The minimum Gasteiger partial charge on any atom is -0.298 e. The van der Waals surface area contributed by atoms with Crippen molar-refractivity contribution in [2.24, 2.45) is 0 Å². The highest BCUT2D eigenvalue weighted by molar-refractivity contribution is 5.91. The van der Waals surface area contributed by atoms with Gasteiger partial charge in [-0.3, -0.25) is 9.59 Å². The van der Waals surface area contributed by atoms with Gasteiger partial charge in [-0.05, 0) is 45.2 Å². The molecule has 0 aromatic heterocycles. The van der Waals surface area contributed by atoms with Crippen LogP contribution in [0.25, 0.3) is 35.1 Å². The first-order valence-electron chi connectivity index (χ1n) is 9.74. The van der Waals surface area contributed by atoms with E-state index in [0.29, 0.717) is 11.1 Å². The molecule has 144 valence electrons. The maximum Gasteiger partial charge on any atom is 0.150 e. The van der Waals surface area contributed by atoms with Crippen molar-refractivity contribution in [2.45, 2.75) is 0 Å². The van der Waals surface area contributed by atoms with Crippen molar-refractivity contribution in [3.8, 4) is 0 Å². The van der Waals surface area contributed by atoms with Gasteiger partial charge in [-0.25, -0.2) is 0 Å². The number of hydrogen-bond donors (Lipinski definition) is 0. The van der Waals surface area contributed by atoms with Gasteiger partial charge in [0.1, 0.15) is 12.6 Å². The van der Waals surface area contributed by atoms with E-state index in [1.807, 2.05) is 60.7 Å². The van der Waals surface area contributed by atoms with Gasteiger partial charge in [-0.15, -0.1) is 0 Å². The highest BCUT2D eigenvalue weighted by Gasteiger charge is 2.01. The van der Waals surface area contributed by atoms with Crippen molar-refractivity contribution < 1.29 is 9.59 Å². The maximum atomic E-state index is 10.8. The molecule has 2 heteroatoms. The summed E-state index contributed by atoms with van der Waals surface area (Å²) in [5.74, 6) is 0. The highest BCUT2D eigenvalue weighted by Crippen LogP contribution is 2.24. The number of carbonyl (C=O) groups is 2. The normalized spacial score (nSPS) is 11.3. The zero-order valence-electron chi connectivity index (χ0n) is 16.4. The summed E-state index contributed by atoms with van der Waals surface area (Å²) in [6, 6.07) is 27.7. The molecule has 4 aromatic rings. The molecule has 0 saturated carbocycles. The van der Waals surface area contributed by atoms with E-state index < -0.39 is 0 Å². The van der Waals surface area contributed by atoms with Crippen molar-refractivity contribution in [2.75, 3.05) is 0 Å². The van der Waals surface area contributed by atoms with Gasteiger partial charge in [-0.2, -0.15) is 0 Å². The number of fused-ring (bicyclic) bond motifs is 1. The van der Waals surface area contributed by atoms with Crippen LogP contribution in [0.15, 0.2) is 84.9 Å². The summed E-state index contributed by atoms with van der Waals surface area (Å²) in [5, 5.41) is 2.36. The summed E-state index contributed by atoms with van der Waals surface area (Å²) >= 11 is 0. The lowest BCUT2D eigenvalue weighted by Gasteiger charge is -2.06. The fourth-order valence-corrected chi connectivity index (χ4v) is 3.31. The summed E-state index contributed by atoms with van der Waals surface area (Å²) in [7, 11) is 0. The molecule has 0 bridgehead atoms. The lowest BCUT2D eigenvalue weighted by atomic mass is 9.98. The number of carbonyl (C=O) groups excluding carboxylic acids is 2. The van der Waals surface area contributed by atoms with Gasteiger partial charge in [-0.1, -0.05) is 97.1 Å². The average Bonchev–Trinajstić information content (AvgIpc) is 2.81. The third-order valence-electron chi connectivity index (χ3n) is 5.01. The summed E-state index contributed by atoms with van der Waals surface area (Å²) in [6.07, 6.45) is 9.99. The van der Waals surface area contributed by atoms with Gasteiger partial charge < -0.3 is 0 Å². The van der Waals surface area contributed by atoms with Crippen LogP contribution in [0.2, 0.25) is 0 Å². The fourth-order valence-electron chi connectivity index (χ4n) is 3.31. The van der Waals surface area contributed by atoms with Crippen LogP contribution in [0.1, 0.15) is 43.0 Å². The van der Waals surface area contributed by atoms with Gasteiger partial charge in [0.05, 0.1) is 0 Å². The van der Waals surface area contributed by atoms with Crippen LogP contribution in [0.5, 0.6) is 0 Å². The highest BCUT2D eigenvalue weighted by atomic mass is 16.1. The zero-order valence-corrected chi connectivity index (χ0v) is 16.4. The molecule has 2 nitrogen and oxygen atoms in total. The summed E-state index contributed by atoms with van der Waals surface area (Å²) in [4.78, 5) is 21.7. The van der Waals surface area contributed by atoms with Crippen LogP contribution in [-0.2, 0) is 0 Å². The molecule has 4 aromatic carbocycles. The van der Waals surface area contributed by atoms with Gasteiger partial charge in [0.2, 0.25) is 0 Å². The Morgan fingerprint density at radius 2 is 0.800 bits per heavy atom. The Balaban J connectivity index is 1.70. The van der Waals surface area contributed by atoms with E-state index in [9.17, 15) is 9.59 Å². The first-order chi connectivity index (χ1) is 14.7. The predicted molar refractivity (Wildman–Crippen MR) is 125 cm³/mol. The van der Waals surface area contributed by atoms with E-state index in [2.05, 4.69) is 48.6 Å². The molecule has 0 atom stereocenters. The van der Waals surface area contributed by atoms with Crippen molar-refractivity contribution in [3.05, 3.63) is 118 Å². The van der Waals surface area contributed by atoms with Crippen molar-refractivity contribution >= 4 is 47.6 Å². The van der Waals surface area contributed by atoms with Crippen molar-refractivity contribution in [3.63, 3.8) is 0 Å². The molecule has 0 radical (unpaired) electrons. The van der Waals surface area contributed by atoms with Gasteiger partial charge in [0, 0.05) is 11.1 Å². The molecule has 30 heavy (non-hydrogen) atoms. The number of benzene rings is 4. The van der Waals surface area contributed by atoms with E-state index in [0.717, 1.165) is 34.8 Å². The molecule has 0 unspecified atom stereocenters. The minimum absolute atomic E-state index is 0.669. The van der Waals surface area contributed by atoms with E-state index in [4.69, 9.17) is 0 Å². The van der Waals surface area contributed by atoms with E-state index in [-0.39, 0.29) is 0 Å². The maximum absolute atomic E-state index is 10.8. The van der Waals surface area contributed by atoms with E-state index >= 15 is 0 Å². The first-order valence-corrected chi connectivity index (χ1v) is 9.74. The van der Waals surface area contributed by atoms with Crippen LogP contribution in [0.3, 0.4) is 0 Å². The van der Waals surface area contributed by atoms with E-state index in [1.165, 1.54) is 10.8 Å². The van der Waals surface area contributed by atoms with Crippen LogP contribution in [-0.4, -0.2) is 12.6 Å². The summed E-state index contributed by atoms with van der Waals surface area (Å²) in [6.45, 7) is 0. The predicted octanol–water partition coefficient (Wildman–Crippen LogP) is 6.81. The Morgan fingerprint density at radius 1 is 0.433 bits per heavy atom. The molecular formula is C28H20O2. The lowest BCUT2D eigenvalue weighted by molar-refractivity contribution is 0.111. The Bertz CT molecular complexity index is 1140. The second-order valence-corrected chi connectivity index (χ2v) is 7.06. The molecular weight excluding hydrogens is 368 g/mol. The zero-order chi connectivity index (χ0) is 20.8. The average molecular weight is 388 g/mol. The summed E-state index contributed by atoms with van der Waals surface area (Å²) < 4.78 is 0. The minimum atomic E-state index is 0.669. The quantitative estimate of drug-likeness (QED) is 0.269. The van der Waals surface area contributed by atoms with Crippen LogP contribution >= 0.6 is 0 Å². The standard InChI is InChI=1S/C28H20O2/c29-19-23-9-5-21(6-10-23)13-15-27-17-25-3-1-2-4-26(25)18-28(27)16-14-22-7-11-24(20-30)12-8-22/h1-20H. The molecule has 0 aliphatic carbocycles. The summed E-state index contributed by atoms with van der Waals surface area (Å²) in [5.41, 5.74) is 5.62. The Hall–Kier alpha value is -4.04. The smallest absolute Gasteiger partial charge is 0.150 e. The first kappa shape index (κ1) is 19.3. The van der Waals surface area contributed by atoms with Gasteiger partial charge in [0.25, 0.3) is 0 Å². The van der Waals surface area contributed by atoms with Gasteiger partial charge >= 0.3 is 0 Å². The van der Waals surface area contributed by atoms with Crippen molar-refractivity contribution in [1.82, 2.24) is 0 Å². The molecule has 0 N–H and O–H groups in total. The number of rotatable bonds is 6.